The molecular weight excluding hydrogens is 540 g/mol. The third kappa shape index (κ3) is 4.80. The molecule has 0 saturated heterocycles. The zero-order chi connectivity index (χ0) is 30.4. The van der Waals surface area contributed by atoms with E-state index in [1.807, 2.05) is 24.3 Å². The summed E-state index contributed by atoms with van der Waals surface area (Å²) in [5.41, 5.74) is 7.44. The molecule has 0 spiro atoms. The van der Waals surface area contributed by atoms with Crippen molar-refractivity contribution in [2.75, 3.05) is 39.3 Å². The minimum absolute atomic E-state index is 0.164. The largest absolute Gasteiger partial charge is 0.315 e. The summed E-state index contributed by atoms with van der Waals surface area (Å²) in [6, 6.07) is 0. The molecule has 8 nitrogen and oxygen atoms in total. The molecule has 0 fully saturated rings. The minimum atomic E-state index is -0.271. The van der Waals surface area contributed by atoms with Gasteiger partial charge in [-0.25, -0.2) is 0 Å². The van der Waals surface area contributed by atoms with Gasteiger partial charge < -0.3 is 10.6 Å². The zero-order valence-corrected chi connectivity index (χ0v) is 24.3. The molecule has 2 heterocycles. The zero-order valence-electron chi connectivity index (χ0n) is 24.3. The second kappa shape index (κ2) is 11.4. The highest BCUT2D eigenvalue weighted by Gasteiger charge is 2.44. The Bertz CT molecular complexity index is 1490. The fourth-order valence-electron chi connectivity index (χ4n) is 6.81. The van der Waals surface area contributed by atoms with Crippen molar-refractivity contribution < 1.29 is 19.2 Å². The highest BCUT2D eigenvalue weighted by atomic mass is 16.2. The van der Waals surface area contributed by atoms with E-state index in [1.165, 1.54) is 9.80 Å². The maximum Gasteiger partial charge on any atom is 0.261 e. The molecule has 8 heteroatoms. The first-order valence-electron chi connectivity index (χ1n) is 14.8. The van der Waals surface area contributed by atoms with E-state index in [0.717, 1.165) is 39.9 Å². The first-order chi connectivity index (χ1) is 20.7. The van der Waals surface area contributed by atoms with Crippen LogP contribution >= 0.6 is 0 Å². The summed E-state index contributed by atoms with van der Waals surface area (Å²) in [5.74, 6) is -1.38. The minimum Gasteiger partial charge on any atom is -0.315 e. The van der Waals surface area contributed by atoms with Gasteiger partial charge in [0.25, 0.3) is 23.6 Å². The fourth-order valence-corrected chi connectivity index (χ4v) is 6.81. The summed E-state index contributed by atoms with van der Waals surface area (Å²) in [5, 5.41) is 6.62. The van der Waals surface area contributed by atoms with Crippen LogP contribution in [0.5, 0.6) is 0 Å². The quantitative estimate of drug-likeness (QED) is 0.236. The van der Waals surface area contributed by atoms with Crippen molar-refractivity contribution in [1.82, 2.24) is 20.4 Å². The van der Waals surface area contributed by atoms with Crippen LogP contribution in [0, 0.1) is 11.8 Å². The van der Waals surface area contributed by atoms with E-state index in [1.54, 1.807) is 12.2 Å². The molecule has 6 aliphatic rings. The molecule has 220 valence electrons. The van der Waals surface area contributed by atoms with Gasteiger partial charge in [-0.1, -0.05) is 61.8 Å². The Morgan fingerprint density at radius 1 is 0.605 bits per heavy atom. The highest BCUT2D eigenvalue weighted by Crippen LogP contribution is 2.46. The Balaban J connectivity index is 0.945. The van der Waals surface area contributed by atoms with Gasteiger partial charge in [0, 0.05) is 60.3 Å². The topological polar surface area (TPSA) is 98.8 Å². The Kier molecular flexibility index (Phi) is 7.58. The third-order valence-electron chi connectivity index (χ3n) is 8.99. The molecule has 0 radical (unpaired) electrons. The van der Waals surface area contributed by atoms with Crippen LogP contribution in [0.25, 0.3) is 0 Å². The van der Waals surface area contributed by atoms with Crippen LogP contribution in [-0.4, -0.2) is 72.7 Å². The second-order valence-corrected chi connectivity index (χ2v) is 11.7. The molecule has 0 bridgehead atoms. The molecule has 0 saturated carbocycles. The van der Waals surface area contributed by atoms with E-state index in [0.29, 0.717) is 61.3 Å². The number of carbonyl (C=O) groups excluding carboxylic acids is 4. The van der Waals surface area contributed by atoms with E-state index in [2.05, 4.69) is 36.9 Å². The van der Waals surface area contributed by atoms with Crippen molar-refractivity contribution in [1.29, 1.82) is 0 Å². The average Bonchev–Trinajstić information content (AvgIpc) is 2.98. The summed E-state index contributed by atoms with van der Waals surface area (Å²) in [4.78, 5) is 55.5. The number of imide groups is 2. The van der Waals surface area contributed by atoms with Gasteiger partial charge in [0.1, 0.15) is 0 Å². The number of amides is 4. The van der Waals surface area contributed by atoms with Crippen molar-refractivity contribution >= 4 is 23.6 Å². The SMILES string of the molecule is C=C1C=CC2=C3C(=CCC(=C)C13)C(=O)N(CCNCCCNCCN1C(=O)C3=CCC(=C)C4C(=C)C=CC(=C34)C1=O)C2=O. The molecular formula is C35H36N4O4. The van der Waals surface area contributed by atoms with Crippen molar-refractivity contribution in [3.63, 3.8) is 0 Å². The molecule has 4 amide bonds. The van der Waals surface area contributed by atoms with Crippen LogP contribution < -0.4 is 10.6 Å². The lowest BCUT2D eigenvalue weighted by Crippen LogP contribution is -2.48. The third-order valence-corrected chi connectivity index (χ3v) is 8.99. The molecule has 2 atom stereocenters. The predicted molar refractivity (Wildman–Crippen MR) is 165 cm³/mol. The van der Waals surface area contributed by atoms with Crippen LogP contribution in [0.4, 0.5) is 0 Å². The molecule has 0 aromatic rings. The van der Waals surface area contributed by atoms with Crippen molar-refractivity contribution in [2.24, 2.45) is 11.8 Å². The van der Waals surface area contributed by atoms with Crippen LogP contribution in [0.3, 0.4) is 0 Å². The van der Waals surface area contributed by atoms with E-state index in [4.69, 9.17) is 0 Å². The number of nitrogens with one attached hydrogen (secondary N) is 2. The van der Waals surface area contributed by atoms with Crippen molar-refractivity contribution in [2.45, 2.75) is 19.3 Å². The summed E-state index contributed by atoms with van der Waals surface area (Å²) >= 11 is 0. The molecule has 2 N–H and O–H groups in total. The Morgan fingerprint density at radius 3 is 1.44 bits per heavy atom. The van der Waals surface area contributed by atoms with E-state index < -0.39 is 0 Å². The van der Waals surface area contributed by atoms with Gasteiger partial charge in [-0.15, -0.1) is 0 Å². The molecule has 43 heavy (non-hydrogen) atoms. The van der Waals surface area contributed by atoms with Gasteiger partial charge in [0.15, 0.2) is 0 Å². The fraction of sp³-hybridized carbons (Fsp3) is 0.314. The predicted octanol–water partition coefficient (Wildman–Crippen LogP) is 3.14. The van der Waals surface area contributed by atoms with Crippen LogP contribution in [0.2, 0.25) is 0 Å². The van der Waals surface area contributed by atoms with Gasteiger partial charge >= 0.3 is 0 Å². The van der Waals surface area contributed by atoms with E-state index >= 15 is 0 Å². The average molecular weight is 577 g/mol. The molecule has 0 aromatic carbocycles. The van der Waals surface area contributed by atoms with E-state index in [-0.39, 0.29) is 48.6 Å². The normalized spacial score (nSPS) is 24.7. The van der Waals surface area contributed by atoms with Crippen LogP contribution in [0.15, 0.2) is 119 Å². The number of allylic oxidation sites excluding steroid dienone is 8. The lowest BCUT2D eigenvalue weighted by Gasteiger charge is -2.38. The van der Waals surface area contributed by atoms with Crippen LogP contribution in [0.1, 0.15) is 19.3 Å². The van der Waals surface area contributed by atoms with Crippen LogP contribution in [-0.2, 0) is 19.2 Å². The van der Waals surface area contributed by atoms with Crippen molar-refractivity contribution in [3.05, 3.63) is 119 Å². The first kappa shape index (κ1) is 28.7. The summed E-state index contributed by atoms with van der Waals surface area (Å²) in [6.45, 7) is 19.4. The smallest absolute Gasteiger partial charge is 0.261 e. The number of hydrogen-bond acceptors (Lipinski definition) is 6. The van der Waals surface area contributed by atoms with Gasteiger partial charge in [0.2, 0.25) is 0 Å². The summed E-state index contributed by atoms with van der Waals surface area (Å²) in [7, 11) is 0. The Labute approximate surface area is 251 Å². The van der Waals surface area contributed by atoms with Gasteiger partial charge in [-0.05, 0) is 66.8 Å². The highest BCUT2D eigenvalue weighted by molar-refractivity contribution is 6.19. The molecule has 0 aromatic heterocycles. The Morgan fingerprint density at radius 2 is 1.02 bits per heavy atom. The van der Waals surface area contributed by atoms with Gasteiger partial charge in [-0.3, -0.25) is 29.0 Å². The molecule has 4 aliphatic carbocycles. The summed E-state index contributed by atoms with van der Waals surface area (Å²) < 4.78 is 0. The molecule has 6 rings (SSSR count). The first-order valence-corrected chi connectivity index (χ1v) is 14.8. The number of hydrogen-bond donors (Lipinski definition) is 2. The van der Waals surface area contributed by atoms with Gasteiger partial charge in [0.05, 0.1) is 0 Å². The Hall–Kier alpha value is -4.40. The lowest BCUT2D eigenvalue weighted by molar-refractivity contribution is -0.142. The number of nitrogens with zero attached hydrogens (tertiary/aromatic N) is 2. The number of rotatable bonds is 10. The lowest BCUT2D eigenvalue weighted by atomic mass is 9.70. The van der Waals surface area contributed by atoms with Gasteiger partial charge in [-0.2, -0.15) is 0 Å². The standard InChI is InChI=1S/C35H36N4O4/c1-20-6-10-24-30-25(11-7-21(2)28(20)30)33(41)38(32(24)40)18-16-36-14-5-15-37-17-19-39-34(42)26-12-8-22(3)29-23(4)9-13-27(31(26)29)35(39)43/h6,8,10-13,28-29,36-37H,1-5,7,9,14-19H2. The maximum atomic E-state index is 13.2. The molecule has 2 aliphatic heterocycles. The summed E-state index contributed by atoms with van der Waals surface area (Å²) in [6.07, 6.45) is 13.0. The molecule has 2 unspecified atom stereocenters. The second-order valence-electron chi connectivity index (χ2n) is 11.7. The van der Waals surface area contributed by atoms with Crippen molar-refractivity contribution in [3.8, 4) is 0 Å². The maximum absolute atomic E-state index is 13.2. The monoisotopic (exact) mass is 576 g/mol. The van der Waals surface area contributed by atoms with E-state index in [9.17, 15) is 19.2 Å². The number of carbonyl (C=O) groups is 4.